The van der Waals surface area contributed by atoms with Gasteiger partial charge in [0, 0.05) is 16.4 Å². The van der Waals surface area contributed by atoms with Crippen molar-refractivity contribution in [3.8, 4) is 11.3 Å². The van der Waals surface area contributed by atoms with Crippen LogP contribution >= 0.6 is 11.3 Å². The van der Waals surface area contributed by atoms with Crippen LogP contribution in [-0.2, 0) is 4.79 Å². The maximum Gasteiger partial charge on any atom is 0.229 e. The highest BCUT2D eigenvalue weighted by atomic mass is 32.1. The summed E-state index contributed by atoms with van der Waals surface area (Å²) in [5, 5.41) is 3.71. The average molecular weight is 316 g/mol. The molecule has 0 spiro atoms. The smallest absolute Gasteiger partial charge is 0.229 e. The summed E-state index contributed by atoms with van der Waals surface area (Å²) >= 11 is 1.55. The monoisotopic (exact) mass is 316 g/mol. The zero-order valence-electron chi connectivity index (χ0n) is 13.6. The average Bonchev–Trinajstić information content (AvgIpc) is 2.89. The molecule has 0 fully saturated rings. The number of carbonyl (C=O) groups is 1. The van der Waals surface area contributed by atoms with Crippen LogP contribution in [0.3, 0.4) is 0 Å². The van der Waals surface area contributed by atoms with Gasteiger partial charge in [0.05, 0.1) is 5.69 Å². The molecule has 1 heterocycles. The largest absolute Gasteiger partial charge is 0.302 e. The topological polar surface area (TPSA) is 42.0 Å². The number of amides is 1. The van der Waals surface area contributed by atoms with E-state index in [1.165, 1.54) is 0 Å². The van der Waals surface area contributed by atoms with Crippen LogP contribution in [0.2, 0.25) is 0 Å². The predicted octanol–water partition coefficient (Wildman–Crippen LogP) is 5.27. The van der Waals surface area contributed by atoms with Crippen LogP contribution in [0.4, 0.5) is 5.13 Å². The number of rotatable bonds is 7. The maximum atomic E-state index is 12.4. The molecule has 1 atom stereocenters. The number of aromatic nitrogens is 1. The highest BCUT2D eigenvalue weighted by molar-refractivity contribution is 7.16. The molecule has 2 rings (SSSR count). The predicted molar refractivity (Wildman–Crippen MR) is 94.2 cm³/mol. The number of anilines is 1. The molecule has 0 aliphatic rings. The second kappa shape index (κ2) is 8.08. The third kappa shape index (κ3) is 4.17. The normalized spacial score (nSPS) is 12.1. The van der Waals surface area contributed by atoms with E-state index in [0.717, 1.165) is 41.8 Å². The molecule has 0 saturated carbocycles. The van der Waals surface area contributed by atoms with Crippen LogP contribution in [0.5, 0.6) is 0 Å². The van der Waals surface area contributed by atoms with Gasteiger partial charge in [-0.05, 0) is 19.8 Å². The first kappa shape index (κ1) is 16.7. The summed E-state index contributed by atoms with van der Waals surface area (Å²) in [6.45, 7) is 6.27. The molecule has 0 saturated heterocycles. The van der Waals surface area contributed by atoms with E-state index >= 15 is 0 Å². The maximum absolute atomic E-state index is 12.4. The molecule has 0 aliphatic heterocycles. The van der Waals surface area contributed by atoms with Gasteiger partial charge >= 0.3 is 0 Å². The minimum absolute atomic E-state index is 0.0873. The molecule has 1 aromatic heterocycles. The van der Waals surface area contributed by atoms with E-state index in [2.05, 4.69) is 24.1 Å². The fourth-order valence-corrected chi connectivity index (χ4v) is 3.33. The Morgan fingerprint density at radius 2 is 2.00 bits per heavy atom. The molecule has 0 radical (unpaired) electrons. The molecule has 1 aromatic carbocycles. The first-order valence-corrected chi connectivity index (χ1v) is 8.81. The highest BCUT2D eigenvalue weighted by Gasteiger charge is 2.18. The third-order valence-electron chi connectivity index (χ3n) is 3.84. The van der Waals surface area contributed by atoms with Crippen LogP contribution in [0, 0.1) is 12.8 Å². The van der Waals surface area contributed by atoms with Gasteiger partial charge in [-0.25, -0.2) is 4.98 Å². The molecule has 0 bridgehead atoms. The zero-order chi connectivity index (χ0) is 15.9. The number of carbonyl (C=O) groups excluding carboxylic acids is 1. The lowest BCUT2D eigenvalue weighted by Gasteiger charge is -2.12. The van der Waals surface area contributed by atoms with Crippen LogP contribution in [0.25, 0.3) is 11.3 Å². The van der Waals surface area contributed by atoms with Crippen molar-refractivity contribution in [1.29, 1.82) is 0 Å². The fourth-order valence-electron chi connectivity index (χ4n) is 2.49. The van der Waals surface area contributed by atoms with Crippen molar-refractivity contribution in [2.75, 3.05) is 5.32 Å². The summed E-state index contributed by atoms with van der Waals surface area (Å²) in [5.41, 5.74) is 2.05. The van der Waals surface area contributed by atoms with Crippen LogP contribution in [-0.4, -0.2) is 10.9 Å². The van der Waals surface area contributed by atoms with Crippen molar-refractivity contribution in [3.05, 3.63) is 35.2 Å². The van der Waals surface area contributed by atoms with Gasteiger partial charge in [0.2, 0.25) is 5.91 Å². The van der Waals surface area contributed by atoms with Crippen molar-refractivity contribution >= 4 is 22.4 Å². The van der Waals surface area contributed by atoms with E-state index in [-0.39, 0.29) is 11.8 Å². The molecular weight excluding hydrogens is 292 g/mol. The minimum atomic E-state index is 0.0873. The van der Waals surface area contributed by atoms with E-state index in [1.54, 1.807) is 11.3 Å². The molecular formula is C18H24N2OS. The van der Waals surface area contributed by atoms with Gasteiger partial charge in [-0.3, -0.25) is 4.79 Å². The Kier molecular flexibility index (Phi) is 6.13. The van der Waals surface area contributed by atoms with Crippen molar-refractivity contribution in [3.63, 3.8) is 0 Å². The Morgan fingerprint density at radius 3 is 2.64 bits per heavy atom. The summed E-state index contributed by atoms with van der Waals surface area (Å²) in [6.07, 6.45) is 4.05. The summed E-state index contributed by atoms with van der Waals surface area (Å²) in [7, 11) is 0. The Balaban J connectivity index is 2.09. The Labute approximate surface area is 136 Å². The number of unbranched alkanes of at least 4 members (excludes halogenated alkanes) is 1. The number of hydrogen-bond acceptors (Lipinski definition) is 3. The Hall–Kier alpha value is -1.68. The summed E-state index contributed by atoms with van der Waals surface area (Å²) in [5.74, 6) is 0.189. The van der Waals surface area contributed by atoms with E-state index in [9.17, 15) is 4.79 Å². The molecule has 22 heavy (non-hydrogen) atoms. The van der Waals surface area contributed by atoms with E-state index in [4.69, 9.17) is 0 Å². The number of nitrogens with zero attached hydrogens (tertiary/aromatic N) is 1. The molecule has 118 valence electrons. The van der Waals surface area contributed by atoms with Gasteiger partial charge in [0.25, 0.3) is 0 Å². The molecule has 4 heteroatoms. The van der Waals surface area contributed by atoms with E-state index in [0.29, 0.717) is 5.13 Å². The van der Waals surface area contributed by atoms with Gasteiger partial charge in [-0.2, -0.15) is 0 Å². The number of thiazole rings is 1. The number of nitrogens with one attached hydrogen (secondary N) is 1. The Bertz CT molecular complexity index is 607. The second-order valence-corrected chi connectivity index (χ2v) is 6.73. The summed E-state index contributed by atoms with van der Waals surface area (Å²) in [6, 6.07) is 10.1. The van der Waals surface area contributed by atoms with Crippen LogP contribution < -0.4 is 5.32 Å². The van der Waals surface area contributed by atoms with Crippen LogP contribution in [0.1, 0.15) is 44.4 Å². The molecule has 0 aliphatic carbocycles. The second-order valence-electron chi connectivity index (χ2n) is 5.53. The van der Waals surface area contributed by atoms with Gasteiger partial charge in [0.1, 0.15) is 0 Å². The molecule has 3 nitrogen and oxygen atoms in total. The Morgan fingerprint density at radius 1 is 1.27 bits per heavy atom. The SMILES string of the molecule is CCCCC(CC)C(=O)Nc1nc(-c2ccccc2)c(C)s1. The lowest BCUT2D eigenvalue weighted by molar-refractivity contribution is -0.120. The molecule has 2 aromatic rings. The molecule has 1 unspecified atom stereocenters. The number of hydrogen-bond donors (Lipinski definition) is 1. The zero-order valence-corrected chi connectivity index (χ0v) is 14.4. The summed E-state index contributed by atoms with van der Waals surface area (Å²) < 4.78 is 0. The molecule has 1 amide bonds. The van der Waals surface area contributed by atoms with Crippen molar-refractivity contribution in [1.82, 2.24) is 4.98 Å². The van der Waals surface area contributed by atoms with Crippen molar-refractivity contribution < 1.29 is 4.79 Å². The van der Waals surface area contributed by atoms with Gasteiger partial charge < -0.3 is 5.32 Å². The fraction of sp³-hybridized carbons (Fsp3) is 0.444. The minimum Gasteiger partial charge on any atom is -0.302 e. The van der Waals surface area contributed by atoms with Crippen LogP contribution in [0.15, 0.2) is 30.3 Å². The number of aryl methyl sites for hydroxylation is 1. The number of benzene rings is 1. The third-order valence-corrected chi connectivity index (χ3v) is 4.73. The highest BCUT2D eigenvalue weighted by Crippen LogP contribution is 2.30. The van der Waals surface area contributed by atoms with E-state index < -0.39 is 0 Å². The first-order valence-electron chi connectivity index (χ1n) is 7.99. The lowest BCUT2D eigenvalue weighted by atomic mass is 9.99. The molecule has 1 N–H and O–H groups in total. The standard InChI is InChI=1S/C18H24N2OS/c1-4-6-10-14(5-2)17(21)20-18-19-16(13(3)22-18)15-11-8-7-9-12-15/h7-9,11-12,14H,4-6,10H2,1-3H3,(H,19,20,21). The van der Waals surface area contributed by atoms with E-state index in [1.807, 2.05) is 37.3 Å². The van der Waals surface area contributed by atoms with Gasteiger partial charge in [-0.15, -0.1) is 11.3 Å². The lowest BCUT2D eigenvalue weighted by Crippen LogP contribution is -2.22. The van der Waals surface area contributed by atoms with Crippen molar-refractivity contribution in [2.24, 2.45) is 5.92 Å². The van der Waals surface area contributed by atoms with Gasteiger partial charge in [0.15, 0.2) is 5.13 Å². The van der Waals surface area contributed by atoms with Gasteiger partial charge in [-0.1, -0.05) is 57.0 Å². The summed E-state index contributed by atoms with van der Waals surface area (Å²) in [4.78, 5) is 18.1. The quantitative estimate of drug-likeness (QED) is 0.755. The first-order chi connectivity index (χ1) is 10.7. The van der Waals surface area contributed by atoms with Crippen molar-refractivity contribution in [2.45, 2.75) is 46.5 Å².